The van der Waals surface area contributed by atoms with Crippen LogP contribution in [0, 0.1) is 0 Å². The summed E-state index contributed by atoms with van der Waals surface area (Å²) in [5.74, 6) is -0.765. The second kappa shape index (κ2) is 6.27. The average molecular weight is 370 g/mol. The largest absolute Gasteiger partial charge is 0.504 e. The Kier molecular flexibility index (Phi) is 4.34. The first-order valence-electron chi connectivity index (χ1n) is 6.33. The normalized spacial score (nSPS) is 11.0. The third kappa shape index (κ3) is 3.21. The molecule has 6 nitrogen and oxygen atoms in total. The van der Waals surface area contributed by atoms with Crippen LogP contribution in [-0.2, 0) is 0 Å². The SMILES string of the molecule is O=C(CSc1nnc2c(Cl)cc(Cl)cn12)c1ccc(O)c(O)c1. The van der Waals surface area contributed by atoms with Gasteiger partial charge < -0.3 is 10.2 Å². The van der Waals surface area contributed by atoms with E-state index < -0.39 is 0 Å². The summed E-state index contributed by atoms with van der Waals surface area (Å²) < 4.78 is 1.61. The number of carbonyl (C=O) groups excluding carboxylic acids is 1. The summed E-state index contributed by atoms with van der Waals surface area (Å²) in [6.45, 7) is 0. The van der Waals surface area contributed by atoms with Gasteiger partial charge in [-0.05, 0) is 24.3 Å². The van der Waals surface area contributed by atoms with Gasteiger partial charge >= 0.3 is 0 Å². The van der Waals surface area contributed by atoms with E-state index >= 15 is 0 Å². The summed E-state index contributed by atoms with van der Waals surface area (Å²) in [5.41, 5.74) is 0.742. The Balaban J connectivity index is 1.80. The van der Waals surface area contributed by atoms with Crippen molar-refractivity contribution in [3.8, 4) is 11.5 Å². The summed E-state index contributed by atoms with van der Waals surface area (Å²) in [6.07, 6.45) is 1.61. The minimum atomic E-state index is -0.340. The monoisotopic (exact) mass is 369 g/mol. The number of rotatable bonds is 4. The first kappa shape index (κ1) is 15.9. The highest BCUT2D eigenvalue weighted by Crippen LogP contribution is 2.28. The quantitative estimate of drug-likeness (QED) is 0.416. The fourth-order valence-corrected chi connectivity index (χ4v) is 3.22. The summed E-state index contributed by atoms with van der Waals surface area (Å²) in [4.78, 5) is 12.2. The highest BCUT2D eigenvalue weighted by atomic mass is 35.5. The molecule has 118 valence electrons. The second-order valence-corrected chi connectivity index (χ2v) is 6.38. The summed E-state index contributed by atoms with van der Waals surface area (Å²) in [6, 6.07) is 5.48. The number of aromatic hydroxyl groups is 2. The number of fused-ring (bicyclic) bond motifs is 1. The molecule has 0 aliphatic carbocycles. The minimum absolute atomic E-state index is 0.0785. The number of thioether (sulfide) groups is 1. The van der Waals surface area contributed by atoms with Crippen LogP contribution in [0.15, 0.2) is 35.6 Å². The summed E-state index contributed by atoms with van der Waals surface area (Å²) in [5, 5.41) is 27.9. The van der Waals surface area contributed by atoms with E-state index in [1.807, 2.05) is 0 Å². The number of aromatic nitrogens is 3. The van der Waals surface area contributed by atoms with Crippen molar-refractivity contribution in [3.05, 3.63) is 46.1 Å². The molecule has 0 fully saturated rings. The highest BCUT2D eigenvalue weighted by molar-refractivity contribution is 7.99. The number of Topliss-reactive ketones (excluding diaryl/α,β-unsaturated/α-hetero) is 1. The Bertz CT molecular complexity index is 914. The summed E-state index contributed by atoms with van der Waals surface area (Å²) >= 11 is 13.2. The van der Waals surface area contributed by atoms with Gasteiger partial charge in [0, 0.05) is 11.8 Å². The Labute approximate surface area is 144 Å². The molecule has 0 aliphatic rings. The number of ketones is 1. The van der Waals surface area contributed by atoms with E-state index in [4.69, 9.17) is 23.2 Å². The lowest BCUT2D eigenvalue weighted by Gasteiger charge is -2.03. The van der Waals surface area contributed by atoms with Crippen molar-refractivity contribution < 1.29 is 15.0 Å². The molecule has 0 unspecified atom stereocenters. The van der Waals surface area contributed by atoms with Crippen LogP contribution in [0.1, 0.15) is 10.4 Å². The molecule has 0 saturated heterocycles. The van der Waals surface area contributed by atoms with E-state index in [-0.39, 0.29) is 28.6 Å². The van der Waals surface area contributed by atoms with Crippen LogP contribution in [0.5, 0.6) is 11.5 Å². The number of hydrogen-bond acceptors (Lipinski definition) is 6. The Hall–Kier alpha value is -1.96. The van der Waals surface area contributed by atoms with Crippen LogP contribution < -0.4 is 0 Å². The lowest BCUT2D eigenvalue weighted by molar-refractivity contribution is 0.102. The zero-order chi connectivity index (χ0) is 16.6. The van der Waals surface area contributed by atoms with Gasteiger partial charge in [-0.15, -0.1) is 10.2 Å². The molecule has 1 aromatic carbocycles. The van der Waals surface area contributed by atoms with Crippen LogP contribution in [0.2, 0.25) is 10.0 Å². The van der Waals surface area contributed by atoms with Crippen LogP contribution >= 0.6 is 35.0 Å². The number of nitrogens with zero attached hydrogens (tertiary/aromatic N) is 3. The number of pyridine rings is 1. The topological polar surface area (TPSA) is 87.7 Å². The molecule has 9 heteroatoms. The van der Waals surface area contributed by atoms with Crippen LogP contribution in [-0.4, -0.2) is 36.3 Å². The maximum absolute atomic E-state index is 12.2. The molecule has 2 N–H and O–H groups in total. The molecule has 0 spiro atoms. The lowest BCUT2D eigenvalue weighted by atomic mass is 10.1. The van der Waals surface area contributed by atoms with Crippen molar-refractivity contribution >= 4 is 46.4 Å². The van der Waals surface area contributed by atoms with Gasteiger partial charge in [-0.2, -0.15) is 0 Å². The second-order valence-electron chi connectivity index (χ2n) is 4.60. The third-order valence-electron chi connectivity index (χ3n) is 3.02. The highest BCUT2D eigenvalue weighted by Gasteiger charge is 2.14. The van der Waals surface area contributed by atoms with Crippen LogP contribution in [0.4, 0.5) is 0 Å². The van der Waals surface area contributed by atoms with Gasteiger partial charge in [0.25, 0.3) is 0 Å². The first-order valence-corrected chi connectivity index (χ1v) is 8.07. The fraction of sp³-hybridized carbons (Fsp3) is 0.0714. The predicted octanol–water partition coefficient (Wildman–Crippen LogP) is 3.42. The Morgan fingerprint density at radius 1 is 1.17 bits per heavy atom. The maximum Gasteiger partial charge on any atom is 0.196 e. The standard InChI is InChI=1S/C14H9Cl2N3O3S/c15-8-4-9(16)13-17-18-14(19(13)5-8)23-6-12(22)7-1-2-10(20)11(21)3-7/h1-5,20-21H,6H2. The molecule has 23 heavy (non-hydrogen) atoms. The zero-order valence-electron chi connectivity index (χ0n) is 11.4. The number of halogens is 2. The molecule has 0 atom stereocenters. The van der Waals surface area contributed by atoms with E-state index in [1.54, 1.807) is 16.7 Å². The Morgan fingerprint density at radius 2 is 1.96 bits per heavy atom. The lowest BCUT2D eigenvalue weighted by Crippen LogP contribution is -2.03. The number of phenols is 2. The first-order chi connectivity index (χ1) is 11.0. The van der Waals surface area contributed by atoms with Crippen molar-refractivity contribution in [1.29, 1.82) is 0 Å². The molecule has 0 radical (unpaired) electrons. The van der Waals surface area contributed by atoms with E-state index in [1.165, 1.54) is 30.0 Å². The van der Waals surface area contributed by atoms with Gasteiger partial charge in [0.2, 0.25) is 0 Å². The van der Waals surface area contributed by atoms with Gasteiger partial charge in [0.05, 0.1) is 15.8 Å². The van der Waals surface area contributed by atoms with Gasteiger partial charge in [-0.1, -0.05) is 35.0 Å². The van der Waals surface area contributed by atoms with E-state index in [2.05, 4.69) is 10.2 Å². The number of carbonyl (C=O) groups is 1. The van der Waals surface area contributed by atoms with Crippen molar-refractivity contribution in [1.82, 2.24) is 14.6 Å². The van der Waals surface area contributed by atoms with Gasteiger partial charge in [-0.3, -0.25) is 9.20 Å². The molecule has 2 aromatic heterocycles. The van der Waals surface area contributed by atoms with Crippen molar-refractivity contribution in [2.45, 2.75) is 5.16 Å². The van der Waals surface area contributed by atoms with Crippen molar-refractivity contribution in [2.75, 3.05) is 5.75 Å². The molecule has 0 aliphatic heterocycles. The molecule has 3 aromatic rings. The van der Waals surface area contributed by atoms with Crippen LogP contribution in [0.25, 0.3) is 5.65 Å². The fourth-order valence-electron chi connectivity index (χ4n) is 1.91. The third-order valence-corrected chi connectivity index (χ3v) is 4.45. The van der Waals surface area contributed by atoms with Crippen molar-refractivity contribution in [3.63, 3.8) is 0 Å². The number of benzene rings is 1. The Morgan fingerprint density at radius 3 is 2.70 bits per heavy atom. The molecule has 2 heterocycles. The zero-order valence-corrected chi connectivity index (χ0v) is 13.7. The molecular weight excluding hydrogens is 361 g/mol. The van der Waals surface area contributed by atoms with Gasteiger partial charge in [0.1, 0.15) is 0 Å². The molecule has 0 bridgehead atoms. The number of phenolic OH excluding ortho intramolecular Hbond substituents is 2. The predicted molar refractivity (Wildman–Crippen MR) is 87.8 cm³/mol. The van der Waals surface area contributed by atoms with E-state index in [9.17, 15) is 15.0 Å². The minimum Gasteiger partial charge on any atom is -0.504 e. The van der Waals surface area contributed by atoms with Crippen molar-refractivity contribution in [2.24, 2.45) is 0 Å². The van der Waals surface area contributed by atoms with Crippen LogP contribution in [0.3, 0.4) is 0 Å². The van der Waals surface area contributed by atoms with Gasteiger partial charge in [0.15, 0.2) is 28.1 Å². The summed E-state index contributed by atoms with van der Waals surface area (Å²) in [7, 11) is 0. The average Bonchev–Trinajstić information content (AvgIpc) is 2.91. The molecule has 0 amide bonds. The number of hydrogen-bond donors (Lipinski definition) is 2. The smallest absolute Gasteiger partial charge is 0.196 e. The van der Waals surface area contributed by atoms with E-state index in [0.717, 1.165) is 0 Å². The maximum atomic E-state index is 12.2. The van der Waals surface area contributed by atoms with E-state index in [0.29, 0.717) is 20.8 Å². The molecule has 0 saturated carbocycles. The molecule has 3 rings (SSSR count). The van der Waals surface area contributed by atoms with Gasteiger partial charge in [-0.25, -0.2) is 0 Å². The molecular formula is C14H9Cl2N3O3S.